The Morgan fingerprint density at radius 3 is 2.59 bits per heavy atom. The zero-order valence-corrected chi connectivity index (χ0v) is 17.0. The molecule has 29 heavy (non-hydrogen) atoms. The lowest BCUT2D eigenvalue weighted by Gasteiger charge is -2.15. The Labute approximate surface area is 170 Å². The normalized spacial score (nSPS) is 14.0. The first kappa shape index (κ1) is 19.2. The Hall–Kier alpha value is -3.15. The molecule has 1 aliphatic rings. The van der Waals surface area contributed by atoms with Crippen molar-refractivity contribution >= 4 is 28.8 Å². The summed E-state index contributed by atoms with van der Waals surface area (Å²) in [4.78, 5) is 32.2. The Bertz CT molecular complexity index is 1070. The second-order valence-electron chi connectivity index (χ2n) is 8.76. The molecule has 0 radical (unpaired) electrons. The molecule has 1 heterocycles. The van der Waals surface area contributed by atoms with Gasteiger partial charge in [-0.25, -0.2) is 4.98 Å². The van der Waals surface area contributed by atoms with Crippen molar-refractivity contribution < 1.29 is 9.59 Å². The third-order valence-electron chi connectivity index (χ3n) is 5.10. The summed E-state index contributed by atoms with van der Waals surface area (Å²) in [5.41, 5.74) is 3.70. The fraction of sp³-hybridized carbons (Fsp3) is 0.348. The molecule has 0 spiro atoms. The Morgan fingerprint density at radius 1 is 1.10 bits per heavy atom. The number of anilines is 1. The van der Waals surface area contributed by atoms with E-state index in [4.69, 9.17) is 0 Å². The van der Waals surface area contributed by atoms with E-state index in [1.54, 1.807) is 0 Å². The number of aromatic amines is 1. The van der Waals surface area contributed by atoms with Crippen molar-refractivity contribution in [1.82, 2.24) is 15.3 Å². The summed E-state index contributed by atoms with van der Waals surface area (Å²) < 4.78 is 0. The lowest BCUT2D eigenvalue weighted by Crippen LogP contribution is -2.28. The van der Waals surface area contributed by atoms with Gasteiger partial charge in [-0.15, -0.1) is 0 Å². The van der Waals surface area contributed by atoms with E-state index >= 15 is 0 Å². The number of hydrogen-bond donors (Lipinski definition) is 3. The molecule has 6 heteroatoms. The van der Waals surface area contributed by atoms with Gasteiger partial charge in [0.1, 0.15) is 0 Å². The number of fused-ring (bicyclic) bond motifs is 1. The second-order valence-corrected chi connectivity index (χ2v) is 8.76. The van der Waals surface area contributed by atoms with E-state index in [-0.39, 0.29) is 11.8 Å². The summed E-state index contributed by atoms with van der Waals surface area (Å²) in [5.74, 6) is 0.957. The predicted molar refractivity (Wildman–Crippen MR) is 115 cm³/mol. The van der Waals surface area contributed by atoms with Crippen LogP contribution in [0.3, 0.4) is 0 Å². The van der Waals surface area contributed by atoms with E-state index < -0.39 is 5.41 Å². The van der Waals surface area contributed by atoms with Crippen LogP contribution in [0.5, 0.6) is 0 Å². The van der Waals surface area contributed by atoms with Crippen molar-refractivity contribution in [2.75, 3.05) is 11.9 Å². The van der Waals surface area contributed by atoms with E-state index in [1.807, 2.05) is 63.2 Å². The highest BCUT2D eigenvalue weighted by molar-refractivity contribution is 5.96. The first-order valence-corrected chi connectivity index (χ1v) is 9.99. The smallest absolute Gasteiger partial charge is 0.251 e. The van der Waals surface area contributed by atoms with Gasteiger partial charge in [0.15, 0.2) is 0 Å². The maximum Gasteiger partial charge on any atom is 0.251 e. The number of hydrogen-bond acceptors (Lipinski definition) is 3. The zero-order valence-electron chi connectivity index (χ0n) is 17.0. The number of nitrogens with one attached hydrogen (secondary N) is 3. The van der Waals surface area contributed by atoms with E-state index in [1.165, 1.54) is 12.8 Å². The van der Waals surface area contributed by atoms with E-state index in [0.29, 0.717) is 17.4 Å². The van der Waals surface area contributed by atoms with Gasteiger partial charge in [0.05, 0.1) is 11.0 Å². The fourth-order valence-electron chi connectivity index (χ4n) is 3.04. The van der Waals surface area contributed by atoms with Crippen LogP contribution in [0, 0.1) is 11.3 Å². The maximum absolute atomic E-state index is 12.4. The summed E-state index contributed by atoms with van der Waals surface area (Å²) in [5, 5.41) is 5.83. The van der Waals surface area contributed by atoms with Crippen LogP contribution >= 0.6 is 0 Å². The fourth-order valence-corrected chi connectivity index (χ4v) is 3.04. The lowest BCUT2D eigenvalue weighted by molar-refractivity contribution is -0.123. The quantitative estimate of drug-likeness (QED) is 0.605. The molecular weight excluding hydrogens is 364 g/mol. The van der Waals surface area contributed by atoms with Crippen LogP contribution < -0.4 is 10.6 Å². The number of carbonyl (C=O) groups is 2. The van der Waals surface area contributed by atoms with Crippen LogP contribution in [0.2, 0.25) is 0 Å². The molecule has 2 aromatic carbocycles. The zero-order chi connectivity index (χ0) is 20.6. The van der Waals surface area contributed by atoms with Crippen molar-refractivity contribution in [2.24, 2.45) is 11.3 Å². The molecule has 150 valence electrons. The number of carbonyl (C=O) groups excluding carboxylic acids is 2. The largest absolute Gasteiger partial charge is 0.352 e. The minimum absolute atomic E-state index is 0.0338. The molecule has 1 saturated carbocycles. The monoisotopic (exact) mass is 390 g/mol. The van der Waals surface area contributed by atoms with Gasteiger partial charge < -0.3 is 10.3 Å². The highest BCUT2D eigenvalue weighted by Crippen LogP contribution is 2.28. The molecule has 1 aromatic heterocycles. The van der Waals surface area contributed by atoms with Crippen molar-refractivity contribution in [1.29, 1.82) is 0 Å². The van der Waals surface area contributed by atoms with Gasteiger partial charge >= 0.3 is 0 Å². The summed E-state index contributed by atoms with van der Waals surface area (Å²) in [6, 6.07) is 13.5. The number of aromatic nitrogens is 2. The molecule has 6 nitrogen and oxygen atoms in total. The van der Waals surface area contributed by atoms with Crippen LogP contribution in [0.1, 0.15) is 44.0 Å². The predicted octanol–water partition coefficient (Wildman–Crippen LogP) is 4.35. The summed E-state index contributed by atoms with van der Waals surface area (Å²) in [6.07, 6.45) is 2.42. The Kier molecular flexibility index (Phi) is 4.86. The van der Waals surface area contributed by atoms with Gasteiger partial charge in [0, 0.05) is 17.5 Å². The van der Waals surface area contributed by atoms with Crippen LogP contribution in [0.25, 0.3) is 22.2 Å². The van der Waals surface area contributed by atoms with Gasteiger partial charge in [0.25, 0.3) is 5.91 Å². The van der Waals surface area contributed by atoms with Crippen LogP contribution in [-0.4, -0.2) is 28.3 Å². The lowest BCUT2D eigenvalue weighted by atomic mass is 9.96. The molecule has 3 aromatic rings. The van der Waals surface area contributed by atoms with Crippen LogP contribution in [0.4, 0.5) is 5.95 Å². The number of nitrogens with zero attached hydrogens (tertiary/aromatic N) is 1. The van der Waals surface area contributed by atoms with E-state index in [0.717, 1.165) is 28.7 Å². The number of rotatable bonds is 5. The number of H-pyrrole nitrogens is 1. The van der Waals surface area contributed by atoms with Crippen molar-refractivity contribution in [2.45, 2.75) is 33.6 Å². The first-order valence-electron chi connectivity index (χ1n) is 9.99. The third kappa shape index (κ3) is 4.47. The molecule has 3 N–H and O–H groups in total. The Balaban J connectivity index is 1.55. The maximum atomic E-state index is 12.4. The summed E-state index contributed by atoms with van der Waals surface area (Å²) >= 11 is 0. The topological polar surface area (TPSA) is 86.9 Å². The average Bonchev–Trinajstić information content (AvgIpc) is 3.43. The van der Waals surface area contributed by atoms with E-state index in [2.05, 4.69) is 20.6 Å². The van der Waals surface area contributed by atoms with Crippen molar-refractivity contribution in [3.8, 4) is 11.1 Å². The molecule has 2 amide bonds. The van der Waals surface area contributed by atoms with Crippen molar-refractivity contribution in [3.63, 3.8) is 0 Å². The molecule has 4 rings (SSSR count). The molecule has 1 aliphatic carbocycles. The first-order chi connectivity index (χ1) is 13.8. The van der Waals surface area contributed by atoms with Crippen molar-refractivity contribution in [3.05, 3.63) is 48.0 Å². The molecular formula is C23H26N4O2. The third-order valence-corrected chi connectivity index (χ3v) is 5.10. The van der Waals surface area contributed by atoms with Gasteiger partial charge in [-0.3, -0.25) is 14.9 Å². The Morgan fingerprint density at radius 2 is 1.86 bits per heavy atom. The minimum atomic E-state index is -0.495. The van der Waals surface area contributed by atoms with Gasteiger partial charge in [0.2, 0.25) is 11.9 Å². The molecule has 1 fully saturated rings. The van der Waals surface area contributed by atoms with E-state index in [9.17, 15) is 9.59 Å². The van der Waals surface area contributed by atoms with Crippen LogP contribution in [0.15, 0.2) is 42.5 Å². The molecule has 0 atom stereocenters. The van der Waals surface area contributed by atoms with Gasteiger partial charge in [-0.2, -0.15) is 0 Å². The molecule has 0 unspecified atom stereocenters. The minimum Gasteiger partial charge on any atom is -0.352 e. The second kappa shape index (κ2) is 7.35. The highest BCUT2D eigenvalue weighted by Gasteiger charge is 2.23. The van der Waals surface area contributed by atoms with Crippen LogP contribution in [-0.2, 0) is 4.79 Å². The van der Waals surface area contributed by atoms with Gasteiger partial charge in [-0.05, 0) is 54.2 Å². The summed E-state index contributed by atoms with van der Waals surface area (Å²) in [6.45, 7) is 6.33. The number of benzene rings is 2. The average molecular weight is 390 g/mol. The molecule has 0 bridgehead atoms. The number of imidazole rings is 1. The number of amides is 2. The molecule has 0 saturated heterocycles. The molecule has 0 aliphatic heterocycles. The SMILES string of the molecule is CC(C)(C)C(=O)Nc1nc2ccc(-c3cccc(C(=O)NCC4CC4)c3)cc2[nH]1. The highest BCUT2D eigenvalue weighted by atomic mass is 16.2. The van der Waals surface area contributed by atoms with Gasteiger partial charge in [-0.1, -0.05) is 39.0 Å². The summed E-state index contributed by atoms with van der Waals surface area (Å²) in [7, 11) is 0. The standard InChI is InChI=1S/C23H26N4O2/c1-23(2,3)21(29)27-22-25-18-10-9-16(12-19(18)26-22)15-5-4-6-17(11-15)20(28)24-13-14-7-8-14/h4-6,9-12,14H,7-8,13H2,1-3H3,(H,24,28)(H2,25,26,27,29).